The number of hydrogen-bond donors (Lipinski definition) is 0. The average Bonchev–Trinajstić information content (AvgIpc) is 2.47. The first-order chi connectivity index (χ1) is 9.85. The summed E-state index contributed by atoms with van der Waals surface area (Å²) in [5.41, 5.74) is 6.06. The van der Waals surface area contributed by atoms with Crippen LogP contribution in [0.1, 0.15) is 35.1 Å². The number of hydrogen-bond acceptors (Lipinski definition) is 1. The van der Waals surface area contributed by atoms with Gasteiger partial charge in [-0.15, -0.1) is 0 Å². The minimum atomic E-state index is 0.941. The van der Waals surface area contributed by atoms with Crippen LogP contribution in [0.2, 0.25) is 0 Å². The van der Waals surface area contributed by atoms with Crippen LogP contribution in [-0.4, -0.2) is 7.11 Å². The fourth-order valence-electron chi connectivity index (χ4n) is 2.85. The third kappa shape index (κ3) is 3.04. The van der Waals surface area contributed by atoms with Crippen molar-refractivity contribution in [1.82, 2.24) is 0 Å². The van der Waals surface area contributed by atoms with E-state index in [-0.39, 0.29) is 0 Å². The van der Waals surface area contributed by atoms with Gasteiger partial charge < -0.3 is 4.74 Å². The number of ether oxygens (including phenoxy) is 1. The smallest absolute Gasteiger partial charge is 0.118 e. The fraction of sp³-hybridized carbons (Fsp3) is 0.368. The molecule has 104 valence electrons. The lowest BCUT2D eigenvalue weighted by molar-refractivity contribution is 0.414. The largest absolute Gasteiger partial charge is 0.497 e. The van der Waals surface area contributed by atoms with Crippen LogP contribution < -0.4 is 4.74 Å². The predicted molar refractivity (Wildman–Crippen MR) is 83.5 cm³/mol. The second-order valence-electron chi connectivity index (χ2n) is 5.66. The summed E-state index contributed by atoms with van der Waals surface area (Å²) in [6.45, 7) is 0. The van der Waals surface area contributed by atoms with Gasteiger partial charge in [-0.05, 0) is 72.9 Å². The van der Waals surface area contributed by atoms with E-state index in [9.17, 15) is 0 Å². The Labute approximate surface area is 121 Å². The van der Waals surface area contributed by atoms with Crippen molar-refractivity contribution >= 4 is 0 Å². The molecular weight excluding hydrogens is 244 g/mol. The van der Waals surface area contributed by atoms with Crippen LogP contribution in [0, 0.1) is 0 Å². The maximum Gasteiger partial charge on any atom is 0.118 e. The zero-order valence-corrected chi connectivity index (χ0v) is 12.2. The minimum absolute atomic E-state index is 0.941. The molecule has 0 amide bonds. The van der Waals surface area contributed by atoms with Crippen LogP contribution >= 0.6 is 0 Å². The zero-order valence-electron chi connectivity index (χ0n) is 12.2. The molecule has 0 heterocycles. The molecule has 1 heteroatoms. The van der Waals surface area contributed by atoms with Gasteiger partial charge in [0.1, 0.15) is 5.75 Å². The van der Waals surface area contributed by atoms with Crippen LogP contribution in [0.3, 0.4) is 0 Å². The molecule has 0 spiro atoms. The van der Waals surface area contributed by atoms with Gasteiger partial charge in [0.25, 0.3) is 0 Å². The highest BCUT2D eigenvalue weighted by Gasteiger charge is 2.12. The van der Waals surface area contributed by atoms with Gasteiger partial charge in [-0.25, -0.2) is 0 Å². The highest BCUT2D eigenvalue weighted by molar-refractivity contribution is 5.38. The molecule has 0 radical (unpaired) electrons. The lowest BCUT2D eigenvalue weighted by Gasteiger charge is -2.19. The SMILES string of the molecule is COc1ccc(CCCCc2ccc3c(c2)CC3)cc1. The van der Waals surface area contributed by atoms with Crippen molar-refractivity contribution < 1.29 is 4.74 Å². The summed E-state index contributed by atoms with van der Waals surface area (Å²) in [4.78, 5) is 0. The molecule has 0 unspecified atom stereocenters. The molecule has 3 rings (SSSR count). The monoisotopic (exact) mass is 266 g/mol. The van der Waals surface area contributed by atoms with Crippen molar-refractivity contribution in [3.8, 4) is 5.75 Å². The normalized spacial score (nSPS) is 12.7. The molecule has 0 aliphatic heterocycles. The summed E-state index contributed by atoms with van der Waals surface area (Å²) in [5, 5.41) is 0. The molecule has 0 aromatic heterocycles. The van der Waals surface area contributed by atoms with Crippen molar-refractivity contribution in [3.63, 3.8) is 0 Å². The van der Waals surface area contributed by atoms with Gasteiger partial charge in [0.15, 0.2) is 0 Å². The Morgan fingerprint density at radius 1 is 0.800 bits per heavy atom. The van der Waals surface area contributed by atoms with E-state index in [2.05, 4.69) is 30.3 Å². The number of unbranched alkanes of at least 4 members (excludes halogenated alkanes) is 1. The van der Waals surface area contributed by atoms with E-state index >= 15 is 0 Å². The zero-order chi connectivity index (χ0) is 13.8. The number of rotatable bonds is 6. The molecule has 1 aliphatic carbocycles. The second-order valence-corrected chi connectivity index (χ2v) is 5.66. The van der Waals surface area contributed by atoms with Crippen molar-refractivity contribution in [2.24, 2.45) is 0 Å². The summed E-state index contributed by atoms with van der Waals surface area (Å²) < 4.78 is 5.18. The molecule has 0 saturated carbocycles. The highest BCUT2D eigenvalue weighted by Crippen LogP contribution is 2.24. The molecule has 0 fully saturated rings. The Morgan fingerprint density at radius 2 is 1.45 bits per heavy atom. The Balaban J connectivity index is 1.44. The van der Waals surface area contributed by atoms with Crippen LogP contribution in [0.5, 0.6) is 5.75 Å². The minimum Gasteiger partial charge on any atom is -0.497 e. The van der Waals surface area contributed by atoms with Gasteiger partial charge in [0.05, 0.1) is 7.11 Å². The molecule has 0 atom stereocenters. The summed E-state index contributed by atoms with van der Waals surface area (Å²) in [6.07, 6.45) is 7.47. The third-order valence-electron chi connectivity index (χ3n) is 4.27. The van der Waals surface area contributed by atoms with Crippen LogP contribution in [-0.2, 0) is 25.7 Å². The number of methoxy groups -OCH3 is 1. The summed E-state index contributed by atoms with van der Waals surface area (Å²) in [7, 11) is 1.71. The van der Waals surface area contributed by atoms with Crippen LogP contribution in [0.4, 0.5) is 0 Å². The first-order valence-corrected chi connectivity index (χ1v) is 7.59. The fourth-order valence-corrected chi connectivity index (χ4v) is 2.85. The number of benzene rings is 2. The molecule has 1 aliphatic rings. The lowest BCUT2D eigenvalue weighted by atomic mass is 9.86. The maximum absolute atomic E-state index is 5.18. The number of aryl methyl sites for hydroxylation is 4. The summed E-state index contributed by atoms with van der Waals surface area (Å²) in [5.74, 6) is 0.941. The van der Waals surface area contributed by atoms with E-state index < -0.39 is 0 Å². The van der Waals surface area contributed by atoms with Crippen molar-refractivity contribution in [1.29, 1.82) is 0 Å². The Bertz CT molecular complexity index is 569. The quantitative estimate of drug-likeness (QED) is 0.706. The van der Waals surface area contributed by atoms with E-state index in [4.69, 9.17) is 4.74 Å². The second kappa shape index (κ2) is 6.13. The molecular formula is C19H22O. The maximum atomic E-state index is 5.18. The molecule has 0 N–H and O–H groups in total. The predicted octanol–water partition coefficient (Wildman–Crippen LogP) is 4.36. The van der Waals surface area contributed by atoms with Gasteiger partial charge >= 0.3 is 0 Å². The van der Waals surface area contributed by atoms with Crippen molar-refractivity contribution in [3.05, 3.63) is 64.7 Å². The Kier molecular flexibility index (Phi) is 4.05. The molecule has 1 nitrogen and oxygen atoms in total. The van der Waals surface area contributed by atoms with Crippen molar-refractivity contribution in [2.75, 3.05) is 7.11 Å². The summed E-state index contributed by atoms with van der Waals surface area (Å²) >= 11 is 0. The van der Waals surface area contributed by atoms with Gasteiger partial charge in [-0.2, -0.15) is 0 Å². The lowest BCUT2D eigenvalue weighted by Crippen LogP contribution is -2.08. The van der Waals surface area contributed by atoms with E-state index in [0.29, 0.717) is 0 Å². The van der Waals surface area contributed by atoms with E-state index in [1.54, 1.807) is 18.2 Å². The molecule has 0 bridgehead atoms. The van der Waals surface area contributed by atoms with Gasteiger partial charge in [0, 0.05) is 0 Å². The van der Waals surface area contributed by atoms with Gasteiger partial charge in [-0.3, -0.25) is 0 Å². The van der Waals surface area contributed by atoms with Crippen LogP contribution in [0.25, 0.3) is 0 Å². The van der Waals surface area contributed by atoms with Gasteiger partial charge in [-0.1, -0.05) is 30.3 Å². The molecule has 2 aromatic rings. The third-order valence-corrected chi connectivity index (χ3v) is 4.27. The first-order valence-electron chi connectivity index (χ1n) is 7.59. The van der Waals surface area contributed by atoms with E-state index in [1.807, 2.05) is 12.1 Å². The molecule has 20 heavy (non-hydrogen) atoms. The Morgan fingerprint density at radius 3 is 2.05 bits per heavy atom. The first kappa shape index (κ1) is 13.2. The highest BCUT2D eigenvalue weighted by atomic mass is 16.5. The molecule has 2 aromatic carbocycles. The Hall–Kier alpha value is -1.76. The van der Waals surface area contributed by atoms with Gasteiger partial charge in [0.2, 0.25) is 0 Å². The summed E-state index contributed by atoms with van der Waals surface area (Å²) in [6, 6.07) is 15.5. The number of fused-ring (bicyclic) bond motifs is 1. The standard InChI is InChI=1S/C19H22O/c1-20-19-12-7-15(8-13-19)4-2-3-5-16-6-9-17-10-11-18(17)14-16/h6-9,12-14H,2-5,10-11H2,1H3. The van der Waals surface area contributed by atoms with Crippen molar-refractivity contribution in [2.45, 2.75) is 38.5 Å². The molecule has 0 saturated heterocycles. The van der Waals surface area contributed by atoms with E-state index in [0.717, 1.165) is 12.2 Å². The average molecular weight is 266 g/mol. The van der Waals surface area contributed by atoms with E-state index in [1.165, 1.54) is 43.2 Å². The van der Waals surface area contributed by atoms with Crippen LogP contribution in [0.15, 0.2) is 42.5 Å². The topological polar surface area (TPSA) is 9.23 Å².